The van der Waals surface area contributed by atoms with Gasteiger partial charge in [0, 0.05) is 6.20 Å². The van der Waals surface area contributed by atoms with Gasteiger partial charge in [-0.2, -0.15) is 5.26 Å². The maximum absolute atomic E-state index is 13.8. The summed E-state index contributed by atoms with van der Waals surface area (Å²) in [6.07, 6.45) is 0.942. The fourth-order valence-electron chi connectivity index (χ4n) is 1.89. The highest BCUT2D eigenvalue weighted by atomic mass is 19.2. The van der Waals surface area contributed by atoms with Gasteiger partial charge in [0.05, 0.1) is 23.7 Å². The number of benzene rings is 1. The first-order valence-corrected chi connectivity index (χ1v) is 5.72. The largest absolute Gasteiger partial charge is 0.255 e. The van der Waals surface area contributed by atoms with Crippen molar-refractivity contribution in [1.82, 2.24) is 4.98 Å². The molecule has 108 valence electrons. The van der Waals surface area contributed by atoms with Gasteiger partial charge in [-0.15, -0.1) is 0 Å². The Balaban J connectivity index is 2.83. The van der Waals surface area contributed by atoms with E-state index in [1.807, 2.05) is 0 Å². The molecule has 0 amide bonds. The van der Waals surface area contributed by atoms with Crippen molar-refractivity contribution in [2.45, 2.75) is 13.3 Å². The van der Waals surface area contributed by atoms with Crippen LogP contribution in [-0.2, 0) is 6.42 Å². The van der Waals surface area contributed by atoms with Gasteiger partial charge >= 0.3 is 0 Å². The van der Waals surface area contributed by atoms with Gasteiger partial charge in [-0.3, -0.25) is 4.98 Å². The van der Waals surface area contributed by atoms with Crippen molar-refractivity contribution in [3.63, 3.8) is 0 Å². The molecule has 0 N–H and O–H groups in total. The van der Waals surface area contributed by atoms with Crippen LogP contribution in [0.2, 0.25) is 0 Å². The minimum absolute atomic E-state index is 0.0840. The maximum atomic E-state index is 13.8. The van der Waals surface area contributed by atoms with E-state index in [2.05, 4.69) is 4.98 Å². The Kier molecular flexibility index (Phi) is 3.89. The minimum atomic E-state index is -2.23. The SMILES string of the molecule is Cc1cnc(-c2c(F)c(F)c(F)c(F)c2F)c(CC#N)c1. The third-order valence-corrected chi connectivity index (χ3v) is 2.82. The molecule has 21 heavy (non-hydrogen) atoms. The lowest BCUT2D eigenvalue weighted by Crippen LogP contribution is -2.06. The Morgan fingerprint density at radius 2 is 1.52 bits per heavy atom. The Morgan fingerprint density at radius 1 is 1.00 bits per heavy atom. The van der Waals surface area contributed by atoms with Crippen LogP contribution in [0.15, 0.2) is 12.3 Å². The first kappa shape index (κ1) is 14.9. The molecule has 0 saturated carbocycles. The van der Waals surface area contributed by atoms with Crippen molar-refractivity contribution in [3.8, 4) is 17.3 Å². The summed E-state index contributed by atoms with van der Waals surface area (Å²) in [4.78, 5) is 3.71. The van der Waals surface area contributed by atoms with Crippen LogP contribution >= 0.6 is 0 Å². The molecule has 2 aromatic rings. The molecule has 0 aliphatic carbocycles. The van der Waals surface area contributed by atoms with E-state index in [1.54, 1.807) is 13.0 Å². The van der Waals surface area contributed by atoms with E-state index in [4.69, 9.17) is 5.26 Å². The highest BCUT2D eigenvalue weighted by Crippen LogP contribution is 2.32. The van der Waals surface area contributed by atoms with E-state index in [0.29, 0.717) is 5.56 Å². The summed E-state index contributed by atoms with van der Waals surface area (Å²) in [5, 5.41) is 8.70. The molecule has 1 aromatic heterocycles. The number of nitriles is 1. The predicted octanol–water partition coefficient (Wildman–Crippen LogP) is 3.82. The van der Waals surface area contributed by atoms with Crippen molar-refractivity contribution in [1.29, 1.82) is 5.26 Å². The lowest BCUT2D eigenvalue weighted by molar-refractivity contribution is 0.381. The van der Waals surface area contributed by atoms with Crippen molar-refractivity contribution in [2.24, 2.45) is 0 Å². The Labute approximate surface area is 116 Å². The number of halogens is 5. The molecule has 0 unspecified atom stereocenters. The van der Waals surface area contributed by atoms with Crippen molar-refractivity contribution in [2.75, 3.05) is 0 Å². The van der Waals surface area contributed by atoms with Gasteiger partial charge in [0.25, 0.3) is 0 Å². The lowest BCUT2D eigenvalue weighted by Gasteiger charge is -2.11. The Bertz CT molecular complexity index is 736. The summed E-state index contributed by atoms with van der Waals surface area (Å²) >= 11 is 0. The van der Waals surface area contributed by atoms with E-state index in [1.165, 1.54) is 12.3 Å². The highest BCUT2D eigenvalue weighted by Gasteiger charge is 2.28. The minimum Gasteiger partial charge on any atom is -0.255 e. The maximum Gasteiger partial charge on any atom is 0.200 e. The van der Waals surface area contributed by atoms with E-state index in [9.17, 15) is 22.0 Å². The van der Waals surface area contributed by atoms with Crippen LogP contribution < -0.4 is 0 Å². The standard InChI is InChI=1S/C14H7F5N2/c1-6-4-7(2-3-20)14(21-5-6)8-9(15)11(17)13(19)12(18)10(8)16/h4-5H,2H2,1H3. The zero-order chi connectivity index (χ0) is 15.7. The molecular formula is C14H7F5N2. The molecular weight excluding hydrogens is 291 g/mol. The zero-order valence-corrected chi connectivity index (χ0v) is 10.6. The molecule has 2 nitrogen and oxygen atoms in total. The van der Waals surface area contributed by atoms with E-state index < -0.39 is 40.3 Å². The number of hydrogen-bond donors (Lipinski definition) is 0. The Morgan fingerprint density at radius 3 is 2.05 bits per heavy atom. The molecule has 1 aromatic carbocycles. The third kappa shape index (κ3) is 2.44. The second-order valence-electron chi connectivity index (χ2n) is 4.30. The fraction of sp³-hybridized carbons (Fsp3) is 0.143. The van der Waals surface area contributed by atoms with Crippen LogP contribution in [0.3, 0.4) is 0 Å². The molecule has 0 saturated heterocycles. The zero-order valence-electron chi connectivity index (χ0n) is 10.6. The second kappa shape index (κ2) is 5.48. The van der Waals surface area contributed by atoms with Crippen molar-refractivity contribution >= 4 is 0 Å². The molecule has 0 radical (unpaired) electrons. The highest BCUT2D eigenvalue weighted by molar-refractivity contribution is 5.65. The van der Waals surface area contributed by atoms with Crippen LogP contribution in [0.1, 0.15) is 11.1 Å². The van der Waals surface area contributed by atoms with Gasteiger partial charge < -0.3 is 0 Å². The summed E-state index contributed by atoms with van der Waals surface area (Å²) < 4.78 is 67.0. The third-order valence-electron chi connectivity index (χ3n) is 2.82. The number of pyridine rings is 1. The Hall–Kier alpha value is -2.49. The van der Waals surface area contributed by atoms with E-state index >= 15 is 0 Å². The average Bonchev–Trinajstić information content (AvgIpc) is 2.46. The van der Waals surface area contributed by atoms with Gasteiger partial charge in [-0.05, 0) is 18.1 Å². The van der Waals surface area contributed by atoms with Gasteiger partial charge in [-0.1, -0.05) is 6.07 Å². The number of aryl methyl sites for hydroxylation is 1. The second-order valence-corrected chi connectivity index (χ2v) is 4.30. The normalized spacial score (nSPS) is 10.5. The molecule has 1 heterocycles. The van der Waals surface area contributed by atoms with Crippen LogP contribution in [0.4, 0.5) is 22.0 Å². The topological polar surface area (TPSA) is 36.7 Å². The summed E-state index contributed by atoms with van der Waals surface area (Å²) in [5.74, 6) is -10.3. The van der Waals surface area contributed by atoms with Crippen LogP contribution in [0.5, 0.6) is 0 Å². The first-order valence-electron chi connectivity index (χ1n) is 5.72. The summed E-state index contributed by atoms with van der Waals surface area (Å²) in [7, 11) is 0. The first-order chi connectivity index (χ1) is 9.88. The van der Waals surface area contributed by atoms with Gasteiger partial charge in [0.2, 0.25) is 5.82 Å². The van der Waals surface area contributed by atoms with Crippen molar-refractivity contribution < 1.29 is 22.0 Å². The monoisotopic (exact) mass is 298 g/mol. The quantitative estimate of drug-likeness (QED) is 0.480. The van der Waals surface area contributed by atoms with E-state index in [-0.39, 0.29) is 12.0 Å². The van der Waals surface area contributed by atoms with Crippen LogP contribution in [-0.4, -0.2) is 4.98 Å². The molecule has 7 heteroatoms. The fourth-order valence-corrected chi connectivity index (χ4v) is 1.89. The van der Waals surface area contributed by atoms with Gasteiger partial charge in [-0.25, -0.2) is 22.0 Å². The number of hydrogen-bond acceptors (Lipinski definition) is 2. The van der Waals surface area contributed by atoms with Crippen LogP contribution in [0, 0.1) is 47.3 Å². The lowest BCUT2D eigenvalue weighted by atomic mass is 10.0. The molecule has 2 rings (SSSR count). The smallest absolute Gasteiger partial charge is 0.200 e. The van der Waals surface area contributed by atoms with Crippen LogP contribution in [0.25, 0.3) is 11.3 Å². The van der Waals surface area contributed by atoms with Gasteiger partial charge in [0.15, 0.2) is 23.3 Å². The number of rotatable bonds is 2. The molecule has 0 aliphatic rings. The summed E-state index contributed by atoms with van der Waals surface area (Å²) in [5.41, 5.74) is -0.889. The average molecular weight is 298 g/mol. The number of aromatic nitrogens is 1. The molecule has 0 bridgehead atoms. The predicted molar refractivity (Wildman–Crippen MR) is 63.5 cm³/mol. The number of nitrogens with zero attached hydrogens (tertiary/aromatic N) is 2. The molecule has 0 aliphatic heterocycles. The van der Waals surface area contributed by atoms with Crippen molar-refractivity contribution in [3.05, 3.63) is 52.5 Å². The molecule has 0 spiro atoms. The summed E-state index contributed by atoms with van der Waals surface area (Å²) in [6, 6.07) is 3.16. The molecule has 0 fully saturated rings. The van der Waals surface area contributed by atoms with Gasteiger partial charge in [0.1, 0.15) is 0 Å². The molecule has 0 atom stereocenters. The summed E-state index contributed by atoms with van der Waals surface area (Å²) in [6.45, 7) is 1.62. The van der Waals surface area contributed by atoms with E-state index in [0.717, 1.165) is 0 Å².